The largest absolute Gasteiger partial charge is 0.465 e. The number of esters is 1. The van der Waals surface area contributed by atoms with Crippen molar-refractivity contribution < 1.29 is 28.3 Å². The molecule has 0 bridgehead atoms. The van der Waals surface area contributed by atoms with E-state index in [2.05, 4.69) is 10.1 Å². The molecule has 2 aromatic rings. The number of hydrogen-bond donors (Lipinski definition) is 1. The number of aryl methyl sites for hydroxylation is 1. The molecule has 0 atom stereocenters. The van der Waals surface area contributed by atoms with Crippen molar-refractivity contribution >= 4 is 29.6 Å². The van der Waals surface area contributed by atoms with Crippen LogP contribution in [0.15, 0.2) is 28.7 Å². The molecule has 3 amide bonds. The maximum atomic E-state index is 12.3. The monoisotopic (exact) mass is 395 g/mol. The molecule has 1 aliphatic heterocycles. The van der Waals surface area contributed by atoms with Crippen molar-refractivity contribution in [3.05, 3.63) is 52.3 Å². The fraction of sp³-hybridized carbons (Fsp3) is 0.250. The summed E-state index contributed by atoms with van der Waals surface area (Å²) in [5.74, 6) is -1.99. The third-order valence-electron chi connectivity index (χ3n) is 4.50. The smallest absolute Gasteiger partial charge is 0.342 e. The molecule has 1 aliphatic rings. The molecule has 9 nitrogen and oxygen atoms in total. The Morgan fingerprint density at radius 1 is 1.21 bits per heavy atom. The van der Waals surface area contributed by atoms with Crippen molar-refractivity contribution in [2.75, 3.05) is 19.0 Å². The lowest BCUT2D eigenvalue weighted by molar-refractivity contribution is -0.116. The summed E-state index contributed by atoms with van der Waals surface area (Å²) in [7, 11) is 1.17. The fourth-order valence-corrected chi connectivity index (χ4v) is 3.12. The van der Waals surface area contributed by atoms with Crippen LogP contribution in [-0.4, -0.2) is 42.2 Å². The molecule has 0 aliphatic carbocycles. The summed E-state index contributed by atoms with van der Waals surface area (Å²) in [6, 6.07) is 8.36. The summed E-state index contributed by atoms with van der Waals surface area (Å²) < 4.78 is 9.93. The van der Waals surface area contributed by atoms with Crippen molar-refractivity contribution in [1.82, 2.24) is 4.90 Å². The number of nitrogens with zero attached hydrogens (tertiary/aromatic N) is 2. The summed E-state index contributed by atoms with van der Waals surface area (Å²) in [6.45, 7) is 1.56. The highest BCUT2D eigenvalue weighted by Gasteiger charge is 2.34. The quantitative estimate of drug-likeness (QED) is 0.586. The van der Waals surface area contributed by atoms with E-state index in [0.29, 0.717) is 11.1 Å². The standard InChI is InChI=1S/C20H17N3O6/c1-11-16(20(27)28-2)14(10-21)17(29-11)22-15(24)8-5-9-23-18(25)12-6-3-4-7-13(12)19(23)26/h3-4,6-7H,5,8-9H2,1-2H3,(H,22,24). The van der Waals surface area contributed by atoms with E-state index in [0.717, 1.165) is 4.90 Å². The van der Waals surface area contributed by atoms with Crippen molar-refractivity contribution in [2.45, 2.75) is 19.8 Å². The zero-order valence-corrected chi connectivity index (χ0v) is 15.8. The summed E-state index contributed by atoms with van der Waals surface area (Å²) in [6.07, 6.45) is 0.203. The molecule has 2 heterocycles. The van der Waals surface area contributed by atoms with Gasteiger partial charge in [-0.3, -0.25) is 24.6 Å². The van der Waals surface area contributed by atoms with E-state index < -0.39 is 11.9 Å². The van der Waals surface area contributed by atoms with Gasteiger partial charge in [-0.25, -0.2) is 4.79 Å². The fourth-order valence-electron chi connectivity index (χ4n) is 3.12. The predicted molar refractivity (Wildman–Crippen MR) is 99.2 cm³/mol. The number of ether oxygens (including phenoxy) is 1. The lowest BCUT2D eigenvalue weighted by Gasteiger charge is -2.13. The number of furan rings is 1. The maximum absolute atomic E-state index is 12.3. The number of methoxy groups -OCH3 is 1. The van der Waals surface area contributed by atoms with Crippen LogP contribution in [0.1, 0.15) is 55.2 Å². The topological polar surface area (TPSA) is 130 Å². The Morgan fingerprint density at radius 3 is 2.38 bits per heavy atom. The molecular formula is C20H17N3O6. The second kappa shape index (κ2) is 7.98. The Morgan fingerprint density at radius 2 is 1.83 bits per heavy atom. The zero-order chi connectivity index (χ0) is 21.1. The Balaban J connectivity index is 1.61. The summed E-state index contributed by atoms with van der Waals surface area (Å²) in [4.78, 5) is 49.7. The van der Waals surface area contributed by atoms with Crippen LogP contribution in [0.25, 0.3) is 0 Å². The van der Waals surface area contributed by atoms with Crippen LogP contribution < -0.4 is 5.32 Å². The molecule has 148 valence electrons. The van der Waals surface area contributed by atoms with Crippen molar-refractivity contribution in [3.8, 4) is 6.07 Å². The summed E-state index contributed by atoms with van der Waals surface area (Å²) in [5.41, 5.74) is 0.531. The highest BCUT2D eigenvalue weighted by molar-refractivity contribution is 6.21. The van der Waals surface area contributed by atoms with Crippen molar-refractivity contribution in [3.63, 3.8) is 0 Å². The Hall–Kier alpha value is -3.93. The molecule has 1 aromatic heterocycles. The van der Waals surface area contributed by atoms with Gasteiger partial charge in [0.25, 0.3) is 11.8 Å². The first-order valence-electron chi connectivity index (χ1n) is 8.76. The minimum Gasteiger partial charge on any atom is -0.465 e. The first kappa shape index (κ1) is 19.8. The van der Waals surface area contributed by atoms with Crippen LogP contribution in [0.5, 0.6) is 0 Å². The summed E-state index contributed by atoms with van der Waals surface area (Å²) in [5, 5.41) is 11.7. The molecule has 29 heavy (non-hydrogen) atoms. The predicted octanol–water partition coefficient (Wildman–Crippen LogP) is 2.26. The molecule has 0 unspecified atom stereocenters. The molecule has 0 fully saturated rings. The number of benzene rings is 1. The van der Waals surface area contributed by atoms with E-state index in [-0.39, 0.29) is 54.0 Å². The van der Waals surface area contributed by atoms with Crippen molar-refractivity contribution in [2.24, 2.45) is 0 Å². The minimum absolute atomic E-state index is 0.0222. The van der Waals surface area contributed by atoms with E-state index in [1.54, 1.807) is 24.3 Å². The number of anilines is 1. The number of imide groups is 1. The molecule has 1 aromatic carbocycles. The van der Waals surface area contributed by atoms with E-state index in [4.69, 9.17) is 4.42 Å². The second-order valence-corrected chi connectivity index (χ2v) is 6.30. The van der Waals surface area contributed by atoms with Crippen LogP contribution in [0.3, 0.4) is 0 Å². The van der Waals surface area contributed by atoms with Crippen LogP contribution in [0, 0.1) is 18.3 Å². The van der Waals surface area contributed by atoms with Crippen LogP contribution >= 0.6 is 0 Å². The molecule has 3 rings (SSSR count). The molecule has 0 saturated heterocycles. The Bertz CT molecular complexity index is 1030. The number of carbonyl (C=O) groups excluding carboxylic acids is 4. The average Bonchev–Trinajstić information content (AvgIpc) is 3.15. The SMILES string of the molecule is COC(=O)c1c(C)oc(NC(=O)CCCN2C(=O)c3ccccc3C2=O)c1C#N. The summed E-state index contributed by atoms with van der Waals surface area (Å²) >= 11 is 0. The molecule has 0 saturated carbocycles. The number of rotatable bonds is 6. The highest BCUT2D eigenvalue weighted by Crippen LogP contribution is 2.27. The van der Waals surface area contributed by atoms with Gasteiger partial charge >= 0.3 is 5.97 Å². The minimum atomic E-state index is -0.742. The highest BCUT2D eigenvalue weighted by atomic mass is 16.5. The van der Waals surface area contributed by atoms with Crippen LogP contribution in [-0.2, 0) is 9.53 Å². The van der Waals surface area contributed by atoms with Gasteiger partial charge in [0.1, 0.15) is 23.0 Å². The van der Waals surface area contributed by atoms with E-state index >= 15 is 0 Å². The molecule has 0 radical (unpaired) electrons. The number of hydrogen-bond acceptors (Lipinski definition) is 7. The van der Waals surface area contributed by atoms with E-state index in [1.807, 2.05) is 6.07 Å². The van der Waals surface area contributed by atoms with E-state index in [1.165, 1.54) is 14.0 Å². The lowest BCUT2D eigenvalue weighted by atomic mass is 10.1. The molecule has 1 N–H and O–H groups in total. The Kier molecular flexibility index (Phi) is 5.45. The number of nitriles is 1. The van der Waals surface area contributed by atoms with Crippen LogP contribution in [0.2, 0.25) is 0 Å². The Labute approximate surface area is 165 Å². The number of nitrogens with one attached hydrogen (secondary N) is 1. The van der Waals surface area contributed by atoms with Gasteiger partial charge in [0, 0.05) is 13.0 Å². The van der Waals surface area contributed by atoms with Gasteiger partial charge < -0.3 is 9.15 Å². The molecule has 0 spiro atoms. The van der Waals surface area contributed by atoms with Crippen LogP contribution in [0.4, 0.5) is 5.88 Å². The van der Waals surface area contributed by atoms with Gasteiger partial charge in [-0.1, -0.05) is 12.1 Å². The first-order chi connectivity index (χ1) is 13.9. The third kappa shape index (κ3) is 3.60. The van der Waals surface area contributed by atoms with Gasteiger partial charge in [0.05, 0.1) is 18.2 Å². The average molecular weight is 395 g/mol. The lowest BCUT2D eigenvalue weighted by Crippen LogP contribution is -2.31. The number of carbonyl (C=O) groups is 4. The van der Waals surface area contributed by atoms with Gasteiger partial charge in [-0.2, -0.15) is 5.26 Å². The zero-order valence-electron chi connectivity index (χ0n) is 15.8. The van der Waals surface area contributed by atoms with Gasteiger partial charge in [0.2, 0.25) is 11.8 Å². The number of amides is 3. The maximum Gasteiger partial charge on any atom is 0.342 e. The first-order valence-corrected chi connectivity index (χ1v) is 8.76. The number of fused-ring (bicyclic) bond motifs is 1. The van der Waals surface area contributed by atoms with Crippen molar-refractivity contribution in [1.29, 1.82) is 5.26 Å². The van der Waals surface area contributed by atoms with Gasteiger partial charge in [-0.15, -0.1) is 0 Å². The normalized spacial score (nSPS) is 12.5. The van der Waals surface area contributed by atoms with Gasteiger partial charge in [0.15, 0.2) is 0 Å². The second-order valence-electron chi connectivity index (χ2n) is 6.30. The van der Waals surface area contributed by atoms with E-state index in [9.17, 15) is 24.4 Å². The molecule has 9 heteroatoms. The molecular weight excluding hydrogens is 378 g/mol. The third-order valence-corrected chi connectivity index (χ3v) is 4.50. The van der Waals surface area contributed by atoms with Gasteiger partial charge in [-0.05, 0) is 25.5 Å².